The molecule has 0 aromatic heterocycles. The number of sulfonamides is 1. The third-order valence-corrected chi connectivity index (χ3v) is 7.40. The Morgan fingerprint density at radius 1 is 1.31 bits per heavy atom. The second-order valence-corrected chi connectivity index (χ2v) is 9.55. The Kier molecular flexibility index (Phi) is 7.50. The van der Waals surface area contributed by atoms with Gasteiger partial charge in [0.1, 0.15) is 11.0 Å². The number of benzene rings is 1. The normalized spacial score (nSPS) is 25.2. The number of aryl methyl sites for hydroxylation is 1. The summed E-state index contributed by atoms with van der Waals surface area (Å²) in [5, 5.41) is -0.541. The lowest BCUT2D eigenvalue weighted by molar-refractivity contribution is -0.139. The Balaban J connectivity index is 1.67. The Morgan fingerprint density at radius 2 is 2.10 bits per heavy atom. The SMILES string of the molecule is COC[C@H]1C(NS(=O)(=O)[C@@H]2CCOC2)CCCN1C(=O)COc1ccccc1C. The molecule has 29 heavy (non-hydrogen) atoms. The molecule has 0 saturated carbocycles. The van der Waals surface area contributed by atoms with E-state index in [-0.39, 0.29) is 31.8 Å². The lowest BCUT2D eigenvalue weighted by Crippen LogP contribution is -2.60. The number of ether oxygens (including phenoxy) is 3. The van der Waals surface area contributed by atoms with E-state index in [4.69, 9.17) is 14.2 Å². The summed E-state index contributed by atoms with van der Waals surface area (Å²) in [5.41, 5.74) is 0.955. The van der Waals surface area contributed by atoms with Crippen LogP contribution in [0.4, 0.5) is 0 Å². The summed E-state index contributed by atoms with van der Waals surface area (Å²) in [7, 11) is -1.97. The van der Waals surface area contributed by atoms with Gasteiger partial charge >= 0.3 is 0 Å². The van der Waals surface area contributed by atoms with Gasteiger partial charge < -0.3 is 19.1 Å². The summed E-state index contributed by atoms with van der Waals surface area (Å²) in [4.78, 5) is 14.6. The zero-order valence-electron chi connectivity index (χ0n) is 17.0. The first kappa shape index (κ1) is 22.0. The van der Waals surface area contributed by atoms with Gasteiger partial charge in [0.05, 0.1) is 19.3 Å². The van der Waals surface area contributed by atoms with Gasteiger partial charge in [0.15, 0.2) is 6.61 Å². The Labute approximate surface area is 172 Å². The fraction of sp³-hybridized carbons (Fsp3) is 0.650. The standard InChI is InChI=1S/C20H30N2O6S/c1-15-6-3-4-8-19(15)28-14-20(23)22-10-5-7-17(18(22)13-26-2)21-29(24,25)16-9-11-27-12-16/h3-4,6,8,16-18,21H,5,7,9-14H2,1-2H3/t16-,17?,18+/m1/s1. The van der Waals surface area contributed by atoms with E-state index in [2.05, 4.69) is 4.72 Å². The van der Waals surface area contributed by atoms with E-state index < -0.39 is 21.3 Å². The molecule has 2 aliphatic heterocycles. The molecule has 8 nitrogen and oxygen atoms in total. The average molecular weight is 427 g/mol. The molecule has 1 N–H and O–H groups in total. The minimum Gasteiger partial charge on any atom is -0.484 e. The van der Waals surface area contributed by atoms with Crippen LogP contribution in [0.5, 0.6) is 5.75 Å². The summed E-state index contributed by atoms with van der Waals surface area (Å²) in [6.07, 6.45) is 1.86. The maximum Gasteiger partial charge on any atom is 0.260 e. The Bertz CT molecular complexity index is 794. The van der Waals surface area contributed by atoms with Gasteiger partial charge in [-0.15, -0.1) is 0 Å². The number of rotatable bonds is 8. The fourth-order valence-electron chi connectivity index (χ4n) is 3.89. The van der Waals surface area contributed by atoms with Crippen molar-refractivity contribution in [1.29, 1.82) is 0 Å². The molecule has 2 saturated heterocycles. The maximum absolute atomic E-state index is 12.9. The van der Waals surface area contributed by atoms with Crippen LogP contribution in [-0.2, 0) is 24.3 Å². The molecule has 0 aliphatic carbocycles. The van der Waals surface area contributed by atoms with Crippen molar-refractivity contribution in [1.82, 2.24) is 9.62 Å². The topological polar surface area (TPSA) is 94.2 Å². The molecule has 9 heteroatoms. The number of piperidine rings is 1. The lowest BCUT2D eigenvalue weighted by atomic mass is 9.97. The van der Waals surface area contributed by atoms with Gasteiger partial charge in [-0.1, -0.05) is 18.2 Å². The Hall–Kier alpha value is -1.68. The number of methoxy groups -OCH3 is 1. The van der Waals surface area contributed by atoms with E-state index >= 15 is 0 Å². The highest BCUT2D eigenvalue weighted by molar-refractivity contribution is 7.90. The van der Waals surface area contributed by atoms with Crippen molar-refractivity contribution in [2.75, 3.05) is 40.1 Å². The molecule has 0 radical (unpaired) electrons. The van der Waals surface area contributed by atoms with Gasteiger partial charge in [0.25, 0.3) is 5.91 Å². The molecule has 0 spiro atoms. The maximum atomic E-state index is 12.9. The Morgan fingerprint density at radius 3 is 2.79 bits per heavy atom. The number of carbonyl (C=O) groups is 1. The van der Waals surface area contributed by atoms with E-state index in [1.807, 2.05) is 31.2 Å². The summed E-state index contributed by atoms with van der Waals surface area (Å²) >= 11 is 0. The van der Waals surface area contributed by atoms with Crippen LogP contribution >= 0.6 is 0 Å². The van der Waals surface area contributed by atoms with Crippen molar-refractivity contribution in [2.45, 2.75) is 43.5 Å². The quantitative estimate of drug-likeness (QED) is 0.669. The number of para-hydroxylation sites is 1. The number of amides is 1. The van der Waals surface area contributed by atoms with Gasteiger partial charge in [-0.05, 0) is 37.8 Å². The zero-order valence-corrected chi connectivity index (χ0v) is 17.8. The van der Waals surface area contributed by atoms with Crippen LogP contribution in [0, 0.1) is 6.92 Å². The average Bonchev–Trinajstić information content (AvgIpc) is 3.24. The highest BCUT2D eigenvalue weighted by atomic mass is 32.2. The van der Waals surface area contributed by atoms with Crippen molar-refractivity contribution in [3.8, 4) is 5.75 Å². The zero-order chi connectivity index (χ0) is 20.9. The number of hydrogen-bond donors (Lipinski definition) is 1. The first-order chi connectivity index (χ1) is 13.9. The minimum absolute atomic E-state index is 0.0962. The molecule has 3 rings (SSSR count). The molecule has 162 valence electrons. The molecule has 1 amide bonds. The summed E-state index contributed by atoms with van der Waals surface area (Å²) in [6, 6.07) is 6.75. The first-order valence-corrected chi connectivity index (χ1v) is 11.5. The van der Waals surface area contributed by atoms with Gasteiger partial charge in [-0.25, -0.2) is 13.1 Å². The molecular weight excluding hydrogens is 396 g/mol. The van der Waals surface area contributed by atoms with Crippen LogP contribution in [0.3, 0.4) is 0 Å². The van der Waals surface area contributed by atoms with Crippen molar-refractivity contribution < 1.29 is 27.4 Å². The van der Waals surface area contributed by atoms with E-state index in [1.54, 1.807) is 12.0 Å². The number of carbonyl (C=O) groups excluding carboxylic acids is 1. The molecule has 1 aromatic rings. The van der Waals surface area contributed by atoms with Crippen LogP contribution in [0.15, 0.2) is 24.3 Å². The predicted molar refractivity (Wildman–Crippen MR) is 108 cm³/mol. The van der Waals surface area contributed by atoms with E-state index in [0.717, 1.165) is 5.56 Å². The van der Waals surface area contributed by atoms with Crippen LogP contribution in [0.25, 0.3) is 0 Å². The molecule has 2 heterocycles. The first-order valence-electron chi connectivity index (χ1n) is 9.98. The molecular formula is C20H30N2O6S. The smallest absolute Gasteiger partial charge is 0.260 e. The number of hydrogen-bond acceptors (Lipinski definition) is 6. The predicted octanol–water partition coefficient (Wildman–Crippen LogP) is 1.09. The molecule has 1 unspecified atom stereocenters. The largest absolute Gasteiger partial charge is 0.484 e. The number of nitrogens with one attached hydrogen (secondary N) is 1. The number of nitrogens with zero attached hydrogens (tertiary/aromatic N) is 1. The van der Waals surface area contributed by atoms with E-state index in [9.17, 15) is 13.2 Å². The summed E-state index contributed by atoms with van der Waals surface area (Å²) in [5.74, 6) is 0.489. The highest BCUT2D eigenvalue weighted by Gasteiger charge is 2.39. The second-order valence-electron chi connectivity index (χ2n) is 7.56. The van der Waals surface area contributed by atoms with Gasteiger partial charge in [-0.2, -0.15) is 0 Å². The molecule has 1 aromatic carbocycles. The third-order valence-electron chi connectivity index (χ3n) is 5.52. The number of likely N-dealkylation sites (tertiary alicyclic amines) is 1. The highest BCUT2D eigenvalue weighted by Crippen LogP contribution is 2.22. The molecule has 2 fully saturated rings. The fourth-order valence-corrected chi connectivity index (χ4v) is 5.46. The van der Waals surface area contributed by atoms with Crippen LogP contribution in [0.2, 0.25) is 0 Å². The molecule has 3 atom stereocenters. The van der Waals surface area contributed by atoms with Gasteiger partial charge in [-0.3, -0.25) is 4.79 Å². The minimum atomic E-state index is -3.52. The van der Waals surface area contributed by atoms with Crippen molar-refractivity contribution >= 4 is 15.9 Å². The molecule has 0 bridgehead atoms. The van der Waals surface area contributed by atoms with Gasteiger partial charge in [0.2, 0.25) is 10.0 Å². The summed E-state index contributed by atoms with van der Waals surface area (Å²) in [6.45, 7) is 3.30. The van der Waals surface area contributed by atoms with Gasteiger partial charge in [0, 0.05) is 26.3 Å². The van der Waals surface area contributed by atoms with E-state index in [0.29, 0.717) is 38.2 Å². The monoisotopic (exact) mass is 426 g/mol. The van der Waals surface area contributed by atoms with Crippen molar-refractivity contribution in [3.05, 3.63) is 29.8 Å². The van der Waals surface area contributed by atoms with Crippen LogP contribution in [0.1, 0.15) is 24.8 Å². The third kappa shape index (κ3) is 5.48. The summed E-state index contributed by atoms with van der Waals surface area (Å²) < 4.78 is 44.5. The van der Waals surface area contributed by atoms with Crippen LogP contribution in [-0.4, -0.2) is 76.6 Å². The van der Waals surface area contributed by atoms with Crippen LogP contribution < -0.4 is 9.46 Å². The van der Waals surface area contributed by atoms with Crippen molar-refractivity contribution in [3.63, 3.8) is 0 Å². The lowest BCUT2D eigenvalue weighted by Gasteiger charge is -2.41. The molecule has 2 aliphatic rings. The second kappa shape index (κ2) is 9.88. The van der Waals surface area contributed by atoms with Crippen molar-refractivity contribution in [2.24, 2.45) is 0 Å². The van der Waals surface area contributed by atoms with E-state index in [1.165, 1.54) is 0 Å².